The molecule has 0 spiro atoms. The van der Waals surface area contributed by atoms with Gasteiger partial charge in [0.05, 0.1) is 19.3 Å². The van der Waals surface area contributed by atoms with Gasteiger partial charge in [-0.3, -0.25) is 51.7 Å². The summed E-state index contributed by atoms with van der Waals surface area (Å²) in [7, 11) is -32.5. The van der Waals surface area contributed by atoms with Gasteiger partial charge in [0.2, 0.25) is 11.8 Å². The van der Waals surface area contributed by atoms with E-state index in [1.807, 2.05) is 4.98 Å². The zero-order valence-corrected chi connectivity index (χ0v) is 57.0. The number of amides is 4. The molecule has 1 fully saturated rings. The maximum atomic E-state index is 13.0. The van der Waals surface area contributed by atoms with Crippen LogP contribution in [-0.4, -0.2) is 169 Å². The molecule has 6 aromatic rings. The molecule has 1 aliphatic rings. The van der Waals surface area contributed by atoms with E-state index in [0.29, 0.717) is 51.1 Å². The van der Waals surface area contributed by atoms with E-state index >= 15 is 0 Å². The van der Waals surface area contributed by atoms with E-state index in [1.54, 1.807) is 0 Å². The molecule has 0 radical (unpaired) electrons. The summed E-state index contributed by atoms with van der Waals surface area (Å²) in [4.78, 5) is 118. The highest BCUT2D eigenvalue weighted by Gasteiger charge is 2.44. The van der Waals surface area contributed by atoms with Crippen molar-refractivity contribution in [3.63, 3.8) is 0 Å². The summed E-state index contributed by atoms with van der Waals surface area (Å²) in [6.45, 7) is -3.03. The molecule has 0 bridgehead atoms. The van der Waals surface area contributed by atoms with Gasteiger partial charge in [0.1, 0.15) is 64.0 Å². The lowest BCUT2D eigenvalue weighted by molar-refractivity contribution is -0.128. The summed E-state index contributed by atoms with van der Waals surface area (Å²) in [6.07, 6.45) is -1.27. The number of hydrogen-bond acceptors (Lipinski definition) is 25. The molecular weight excluding hydrogens is 1470 g/mol. The molecule has 0 saturated carbocycles. The zero-order chi connectivity index (χ0) is 74.1. The molecule has 6 unspecified atom stereocenters. The first-order valence-electron chi connectivity index (χ1n) is 29.2. The molecule has 1 aliphatic heterocycles. The van der Waals surface area contributed by atoms with Crippen molar-refractivity contribution in [2.24, 2.45) is 10.2 Å². The minimum absolute atomic E-state index is 0.0512. The highest BCUT2D eigenvalue weighted by molar-refractivity contribution is 7.87. The Bertz CT molecular complexity index is 4870. The van der Waals surface area contributed by atoms with Crippen molar-refractivity contribution in [1.82, 2.24) is 30.8 Å². The van der Waals surface area contributed by atoms with Crippen molar-refractivity contribution >= 4 is 110 Å². The number of nitrogens with zero attached hydrogens (tertiary/aromatic N) is 7. The normalized spacial score (nSPS) is 16.4. The van der Waals surface area contributed by atoms with Crippen LogP contribution in [0.1, 0.15) is 73.5 Å². The Morgan fingerprint density at radius 1 is 0.713 bits per heavy atom. The molecule has 4 amide bonds. The smallest absolute Gasteiger partial charge is 0.490 e. The number of aromatic amines is 1. The van der Waals surface area contributed by atoms with E-state index < -0.39 is 162 Å². The van der Waals surface area contributed by atoms with Crippen LogP contribution in [0, 0.1) is 11.8 Å². The zero-order valence-electron chi connectivity index (χ0n) is 51.9. The van der Waals surface area contributed by atoms with Crippen LogP contribution in [0.25, 0.3) is 53.2 Å². The Kier molecular flexibility index (Phi) is 27.6. The van der Waals surface area contributed by atoms with E-state index in [4.69, 9.17) is 44.5 Å². The molecule has 1 saturated heterocycles. The number of phosphoric ester groups is 1. The number of aromatic nitrogens is 2. The molecule has 6 atom stereocenters. The minimum Gasteiger partial charge on any atom is -0.491 e. The molecule has 101 heavy (non-hydrogen) atoms. The van der Waals surface area contributed by atoms with Gasteiger partial charge in [-0.25, -0.2) is 18.5 Å². The van der Waals surface area contributed by atoms with Crippen LogP contribution < -0.4 is 42.0 Å². The predicted molar refractivity (Wildman–Crippen MR) is 345 cm³/mol. The molecule has 2 heterocycles. The third-order valence-electron chi connectivity index (χ3n) is 14.2. The average Bonchev–Trinajstić information content (AvgIpc) is 1.04. The van der Waals surface area contributed by atoms with E-state index in [1.165, 1.54) is 36.4 Å². The third kappa shape index (κ3) is 23.5. The number of carbonyl (C=O) groups is 4. The van der Waals surface area contributed by atoms with Gasteiger partial charge in [0.15, 0.2) is 12.8 Å². The van der Waals surface area contributed by atoms with Crippen LogP contribution in [0.15, 0.2) is 101 Å². The summed E-state index contributed by atoms with van der Waals surface area (Å²) in [5.41, 5.74) is 15.6. The van der Waals surface area contributed by atoms with Gasteiger partial charge in [-0.1, -0.05) is 52.8 Å². The van der Waals surface area contributed by atoms with Gasteiger partial charge >= 0.3 is 29.2 Å². The lowest BCUT2D eigenvalue weighted by atomic mass is 9.93. The number of carbonyl (C=O) groups excluding carboxylic acids is 4. The number of benzene rings is 5. The van der Waals surface area contributed by atoms with Crippen LogP contribution in [0.3, 0.4) is 0 Å². The fourth-order valence-corrected chi connectivity index (χ4v) is 15.1. The maximum Gasteiger partial charge on any atom is 0.490 e. The van der Waals surface area contributed by atoms with Gasteiger partial charge in [-0.2, -0.15) is 33.9 Å². The van der Waals surface area contributed by atoms with Crippen molar-refractivity contribution < 1.29 is 128 Å². The monoisotopic (exact) mass is 1530 g/mol. The van der Waals surface area contributed by atoms with E-state index in [0.717, 1.165) is 29.0 Å². The Labute approximate surface area is 569 Å². The van der Waals surface area contributed by atoms with Crippen LogP contribution in [-0.2, 0) is 85.8 Å². The molecule has 5 aromatic carbocycles. The van der Waals surface area contributed by atoms with Gasteiger partial charge in [0, 0.05) is 92.4 Å². The second-order valence-corrected chi connectivity index (χ2v) is 29.9. The molecule has 48 heteroatoms. The third-order valence-corrected chi connectivity index (χ3v) is 20.6. The fourth-order valence-electron chi connectivity index (χ4n) is 9.86. The van der Waals surface area contributed by atoms with Crippen LogP contribution in [0.4, 0.5) is 0 Å². The Hall–Kier alpha value is -8.50. The molecule has 1 aromatic heterocycles. The predicted octanol–water partition coefficient (Wildman–Crippen LogP) is 3.43. The standard InChI is InChI=1S/C53H61N12O30P3S3/c54-63-60-30-91-39-23-48(93-40(39)26-92-97(75,76)95-98(77,78)94-96(72,73)74)65-25-32(52(70)61-53(65)71)10-8-20-58-46(68)28-90-47(62-64-55)29-88-33-11-7-9-31(21-33)51(69)59-19-6-2-5-17-56-44(66)12-3-1-4-18-57-45(67)27-89-38-22-41(99(79,80)81)35-15-16-37-43(101(85,86)87)24-42(100(82,83)84)36-14-13-34(38)49(35)50(36)37/h7,9,11,13-16,21-22,24-25,39-40,47-48H,1-6,12,17-20,23,26-30H2,(H,56,66)(H,57,67)(H,58,68)(H,59,69)(H,75,76)(H,77,78)(H,61,70,71)(H2,72,73,74)(H,79,80,81)(H,82,83,84)(H,85,86,87). The number of rotatable bonds is 38. The SMILES string of the molecule is [N-]=[N+]=NCOC1CC(n2cc(C#CCNC(=O)COC(COc3cccc(C(=O)NCCCCCNC(=O)CCCCCNC(=O)COc4cc(S(=O)(=O)O)c5ccc6c(S(=O)(=O)O)cc(S(=O)(=O)O)c7ccc4c5c76)c3)N=[N+]=[N-])c(=O)[nH]c2=O)OC1COP(=O)(O)OP(=O)(O)OP(=O)(O)O. The summed E-state index contributed by atoms with van der Waals surface area (Å²) < 4.78 is 180. The first-order chi connectivity index (χ1) is 47.5. The van der Waals surface area contributed by atoms with Crippen molar-refractivity contribution in [2.45, 2.75) is 90.7 Å². The quantitative estimate of drug-likeness (QED) is 0.00386. The van der Waals surface area contributed by atoms with Crippen LogP contribution >= 0.6 is 23.5 Å². The number of hydrogen-bond donors (Lipinski definition) is 12. The van der Waals surface area contributed by atoms with Crippen molar-refractivity contribution in [2.75, 3.05) is 59.3 Å². The number of azide groups is 2. The summed E-state index contributed by atoms with van der Waals surface area (Å²) in [5.74, 6) is 2.76. The van der Waals surface area contributed by atoms with E-state index in [-0.39, 0.29) is 86.8 Å². The topological polar surface area (TPSA) is 638 Å². The molecule has 546 valence electrons. The minimum atomic E-state index is -5.89. The molecular formula is C53H61N12O30P3S3. The van der Waals surface area contributed by atoms with Gasteiger partial charge in [-0.05, 0) is 73.5 Å². The summed E-state index contributed by atoms with van der Waals surface area (Å²) in [6, 6.07) is 12.1. The second-order valence-electron chi connectivity index (χ2n) is 21.3. The molecule has 12 N–H and O–H groups in total. The Balaban J connectivity index is 0.767. The number of H-pyrrole nitrogens is 1. The Morgan fingerprint density at radius 2 is 1.31 bits per heavy atom. The number of nitrogens with one attached hydrogen (secondary N) is 5. The van der Waals surface area contributed by atoms with Crippen molar-refractivity contribution in [3.8, 4) is 23.3 Å². The van der Waals surface area contributed by atoms with Gasteiger partial charge < -0.3 is 64.5 Å². The largest absolute Gasteiger partial charge is 0.491 e. The van der Waals surface area contributed by atoms with Crippen molar-refractivity contribution in [3.05, 3.63) is 120 Å². The van der Waals surface area contributed by atoms with Crippen molar-refractivity contribution in [1.29, 1.82) is 0 Å². The van der Waals surface area contributed by atoms with Crippen LogP contribution in [0.5, 0.6) is 11.5 Å². The van der Waals surface area contributed by atoms with Gasteiger partial charge in [-0.15, -0.1) is 0 Å². The van der Waals surface area contributed by atoms with Crippen LogP contribution in [0.2, 0.25) is 0 Å². The second kappa shape index (κ2) is 34.9. The molecule has 7 rings (SSSR count). The highest BCUT2D eigenvalue weighted by Crippen LogP contribution is 2.66. The van der Waals surface area contributed by atoms with E-state index in [2.05, 4.69) is 66.3 Å². The number of ether oxygens (including phenoxy) is 5. The molecule has 42 nitrogen and oxygen atoms in total. The molecule has 0 aliphatic carbocycles. The maximum absolute atomic E-state index is 13.0. The fraction of sp³-hybridized carbons (Fsp3) is 0.396. The number of phosphoric acid groups is 3. The Morgan fingerprint density at radius 3 is 1.93 bits per heavy atom. The first-order valence-corrected chi connectivity index (χ1v) is 38.0. The number of unbranched alkanes of at least 4 members (excludes halogenated alkanes) is 4. The average molecular weight is 1540 g/mol. The lowest BCUT2D eigenvalue weighted by Gasteiger charge is -2.20. The highest BCUT2D eigenvalue weighted by atomic mass is 32.2. The summed E-state index contributed by atoms with van der Waals surface area (Å²) >= 11 is 0. The lowest BCUT2D eigenvalue weighted by Crippen LogP contribution is -2.34. The van der Waals surface area contributed by atoms with E-state index in [9.17, 15) is 91.2 Å². The first kappa shape index (κ1) is 79.8. The summed E-state index contributed by atoms with van der Waals surface area (Å²) in [5, 5.41) is 16.2. The van der Waals surface area contributed by atoms with Gasteiger partial charge in [0.25, 0.3) is 47.7 Å².